The summed E-state index contributed by atoms with van der Waals surface area (Å²) in [5, 5.41) is 8.13. The summed E-state index contributed by atoms with van der Waals surface area (Å²) in [4.78, 5) is 20.3. The predicted octanol–water partition coefficient (Wildman–Crippen LogP) is 0.536. The molecule has 0 aromatic heterocycles. The zero-order valence-electron chi connectivity index (χ0n) is 6.57. The number of thioether (sulfide) groups is 1. The van der Waals surface area contributed by atoms with E-state index in [0.717, 1.165) is 0 Å². The SMILES string of the molecule is CSCC[C@@H](C(=O)O)N(F)C=O. The second-order valence-electron chi connectivity index (χ2n) is 2.09. The summed E-state index contributed by atoms with van der Waals surface area (Å²) in [7, 11) is 0. The van der Waals surface area contributed by atoms with Crippen molar-refractivity contribution in [2.75, 3.05) is 12.0 Å². The number of carbonyl (C=O) groups excluding carboxylic acids is 1. The van der Waals surface area contributed by atoms with Crippen molar-refractivity contribution in [3.63, 3.8) is 0 Å². The van der Waals surface area contributed by atoms with Crippen LogP contribution in [0.1, 0.15) is 6.42 Å². The molecule has 0 heterocycles. The number of amides is 1. The Morgan fingerprint density at radius 3 is 2.75 bits per heavy atom. The molecule has 0 spiro atoms. The molecule has 1 amide bonds. The van der Waals surface area contributed by atoms with Crippen LogP contribution >= 0.6 is 11.8 Å². The highest BCUT2D eigenvalue weighted by atomic mass is 32.2. The second kappa shape index (κ2) is 5.82. The van der Waals surface area contributed by atoms with E-state index in [2.05, 4.69) is 0 Å². The maximum absolute atomic E-state index is 12.4. The normalized spacial score (nSPS) is 12.2. The molecule has 0 bridgehead atoms. The highest BCUT2D eigenvalue weighted by Crippen LogP contribution is 2.07. The molecule has 4 nitrogen and oxygen atoms in total. The molecule has 1 N–H and O–H groups in total. The first-order chi connectivity index (χ1) is 5.63. The van der Waals surface area contributed by atoms with Gasteiger partial charge in [0.2, 0.25) is 6.41 Å². The van der Waals surface area contributed by atoms with Crippen molar-refractivity contribution in [3.8, 4) is 0 Å². The van der Waals surface area contributed by atoms with Crippen LogP contribution < -0.4 is 0 Å². The summed E-state index contributed by atoms with van der Waals surface area (Å²) < 4.78 is 12.4. The van der Waals surface area contributed by atoms with Crippen LogP contribution in [0.3, 0.4) is 0 Å². The van der Waals surface area contributed by atoms with Gasteiger partial charge in [0.1, 0.15) is 0 Å². The summed E-state index contributed by atoms with van der Waals surface area (Å²) >= 11 is 1.40. The molecule has 70 valence electrons. The third-order valence-electron chi connectivity index (χ3n) is 1.28. The summed E-state index contributed by atoms with van der Waals surface area (Å²) in [5.41, 5.74) is 0. The first kappa shape index (κ1) is 11.2. The molecule has 0 radical (unpaired) electrons. The lowest BCUT2D eigenvalue weighted by atomic mass is 10.2. The minimum atomic E-state index is -1.35. The number of rotatable bonds is 6. The second-order valence-corrected chi connectivity index (χ2v) is 3.07. The smallest absolute Gasteiger partial charge is 0.329 e. The minimum Gasteiger partial charge on any atom is -0.480 e. The highest BCUT2D eigenvalue weighted by molar-refractivity contribution is 7.98. The zero-order valence-corrected chi connectivity index (χ0v) is 7.38. The van der Waals surface area contributed by atoms with Crippen molar-refractivity contribution >= 4 is 24.1 Å². The van der Waals surface area contributed by atoms with Gasteiger partial charge in [0.25, 0.3) is 0 Å². The topological polar surface area (TPSA) is 57.6 Å². The predicted molar refractivity (Wildman–Crippen MR) is 43.4 cm³/mol. The van der Waals surface area contributed by atoms with Crippen LogP contribution in [-0.2, 0) is 9.59 Å². The van der Waals surface area contributed by atoms with Crippen molar-refractivity contribution in [1.82, 2.24) is 5.12 Å². The van der Waals surface area contributed by atoms with Gasteiger partial charge < -0.3 is 5.11 Å². The molecule has 0 aliphatic carbocycles. The average molecular weight is 195 g/mol. The van der Waals surface area contributed by atoms with Crippen molar-refractivity contribution in [1.29, 1.82) is 0 Å². The van der Waals surface area contributed by atoms with E-state index in [4.69, 9.17) is 5.11 Å². The van der Waals surface area contributed by atoms with Gasteiger partial charge >= 0.3 is 5.97 Å². The Kier molecular flexibility index (Phi) is 5.44. The highest BCUT2D eigenvalue weighted by Gasteiger charge is 2.23. The molecule has 6 heteroatoms. The van der Waals surface area contributed by atoms with E-state index in [1.54, 1.807) is 6.26 Å². The standard InChI is InChI=1S/C6H10FNO3S/c1-12-3-2-5(6(10)11)8(7)4-9/h4-5H,2-3H2,1H3,(H,10,11)/t5-/m0/s1. The number of hydrogen-bond acceptors (Lipinski definition) is 3. The van der Waals surface area contributed by atoms with Crippen LogP contribution in [0.5, 0.6) is 0 Å². The average Bonchev–Trinajstić information content (AvgIpc) is 2.04. The summed E-state index contributed by atoms with van der Waals surface area (Å²) in [6.45, 7) is 0. The zero-order chi connectivity index (χ0) is 9.56. The van der Waals surface area contributed by atoms with Gasteiger partial charge in [-0.05, 0) is 18.4 Å². The van der Waals surface area contributed by atoms with Crippen molar-refractivity contribution in [2.24, 2.45) is 0 Å². The number of carboxylic acids is 1. The third kappa shape index (κ3) is 3.56. The van der Waals surface area contributed by atoms with E-state index in [9.17, 15) is 14.1 Å². The fourth-order valence-electron chi connectivity index (χ4n) is 0.655. The van der Waals surface area contributed by atoms with Crippen LogP contribution in [0, 0.1) is 0 Å². The van der Waals surface area contributed by atoms with E-state index in [1.165, 1.54) is 11.8 Å². The lowest BCUT2D eigenvalue weighted by Crippen LogP contribution is -2.35. The van der Waals surface area contributed by atoms with Gasteiger partial charge in [-0.2, -0.15) is 16.9 Å². The maximum atomic E-state index is 12.4. The molecule has 1 atom stereocenters. The molecule has 0 fully saturated rings. The van der Waals surface area contributed by atoms with Crippen molar-refractivity contribution in [2.45, 2.75) is 12.5 Å². The van der Waals surface area contributed by atoms with Gasteiger partial charge in [-0.15, -0.1) is 0 Å². The Morgan fingerprint density at radius 2 is 2.42 bits per heavy atom. The molecule has 0 unspecified atom stereocenters. The lowest BCUT2D eigenvalue weighted by molar-refractivity contribution is -0.158. The van der Waals surface area contributed by atoms with Crippen molar-refractivity contribution in [3.05, 3.63) is 0 Å². The fraction of sp³-hybridized carbons (Fsp3) is 0.667. The van der Waals surface area contributed by atoms with Crippen LogP contribution in [0.15, 0.2) is 0 Å². The van der Waals surface area contributed by atoms with Gasteiger partial charge in [0.15, 0.2) is 6.04 Å². The molecule has 0 aliphatic rings. The van der Waals surface area contributed by atoms with Gasteiger partial charge in [-0.25, -0.2) is 4.79 Å². The van der Waals surface area contributed by atoms with Gasteiger partial charge in [-0.3, -0.25) is 4.79 Å². The Balaban J connectivity index is 4.03. The van der Waals surface area contributed by atoms with Gasteiger partial charge in [0, 0.05) is 0 Å². The summed E-state index contributed by atoms with van der Waals surface area (Å²) in [6, 6.07) is -1.35. The van der Waals surface area contributed by atoms with E-state index in [0.29, 0.717) is 5.75 Å². The minimum absolute atomic E-state index is 0.117. The van der Waals surface area contributed by atoms with E-state index in [1.807, 2.05) is 0 Å². The molecule has 12 heavy (non-hydrogen) atoms. The van der Waals surface area contributed by atoms with Gasteiger partial charge in [-0.1, -0.05) is 4.48 Å². The number of nitrogens with zero attached hydrogens (tertiary/aromatic N) is 1. The summed E-state index contributed by atoms with van der Waals surface area (Å²) in [6.07, 6.45) is 1.77. The monoisotopic (exact) mass is 195 g/mol. The number of aliphatic carboxylic acids is 1. The number of halogens is 1. The molecule has 0 rings (SSSR count). The third-order valence-corrected chi connectivity index (χ3v) is 1.92. The largest absolute Gasteiger partial charge is 0.480 e. The Bertz CT molecular complexity index is 167. The first-order valence-corrected chi connectivity index (χ1v) is 4.64. The molecule has 0 aromatic carbocycles. The lowest BCUT2D eigenvalue weighted by Gasteiger charge is -2.14. The molecular weight excluding hydrogens is 185 g/mol. The number of carbonyl (C=O) groups is 2. The molecule has 0 aromatic rings. The quantitative estimate of drug-likeness (QED) is 0.496. The molecule has 0 saturated heterocycles. The van der Waals surface area contributed by atoms with Crippen LogP contribution in [0.4, 0.5) is 4.48 Å². The van der Waals surface area contributed by atoms with E-state index in [-0.39, 0.29) is 18.0 Å². The van der Waals surface area contributed by atoms with Gasteiger partial charge in [0.05, 0.1) is 0 Å². The fourth-order valence-corrected chi connectivity index (χ4v) is 1.11. The van der Waals surface area contributed by atoms with Crippen LogP contribution in [0.2, 0.25) is 0 Å². The van der Waals surface area contributed by atoms with Crippen LogP contribution in [-0.4, -0.2) is 40.7 Å². The maximum Gasteiger partial charge on any atom is 0.329 e. The van der Waals surface area contributed by atoms with Crippen molar-refractivity contribution < 1.29 is 19.2 Å². The van der Waals surface area contributed by atoms with E-state index < -0.39 is 12.0 Å². The van der Waals surface area contributed by atoms with Crippen LogP contribution in [0.25, 0.3) is 0 Å². The molecule has 0 aliphatic heterocycles. The Morgan fingerprint density at radius 1 is 1.83 bits per heavy atom. The first-order valence-electron chi connectivity index (χ1n) is 3.24. The number of hydrogen-bond donors (Lipinski definition) is 1. The van der Waals surface area contributed by atoms with E-state index >= 15 is 0 Å². The summed E-state index contributed by atoms with van der Waals surface area (Å²) in [5.74, 6) is -0.816. The molecule has 0 saturated carbocycles. The molecular formula is C6H10FNO3S. The number of carboxylic acid groups (broad SMARTS) is 1. The Hall–Kier alpha value is -0.780. The Labute approximate surface area is 73.7 Å².